The molecule has 0 saturated heterocycles. The molecule has 24 aromatic rings. The zero-order valence-corrected chi connectivity index (χ0v) is 65.9. The van der Waals surface area contributed by atoms with E-state index >= 15 is 0 Å². The first-order valence-electron chi connectivity index (χ1n) is 39.7. The van der Waals surface area contributed by atoms with Gasteiger partial charge in [0.1, 0.15) is 39.1 Å². The van der Waals surface area contributed by atoms with Crippen LogP contribution in [0.15, 0.2) is 418 Å². The number of hydrogen-bond donors (Lipinski definition) is 0. The summed E-state index contributed by atoms with van der Waals surface area (Å²) in [6.07, 6.45) is 0. The van der Waals surface area contributed by atoms with Crippen LogP contribution in [0.4, 0.5) is 0 Å². The van der Waals surface area contributed by atoms with Crippen LogP contribution < -0.4 is 0 Å². The van der Waals surface area contributed by atoms with Crippen molar-refractivity contribution in [3.8, 4) is 134 Å². The molecule has 0 radical (unpaired) electrons. The Balaban J connectivity index is 0.000000108. The molecule has 0 aliphatic carbocycles. The van der Waals surface area contributed by atoms with Gasteiger partial charge in [0.2, 0.25) is 0 Å². The summed E-state index contributed by atoms with van der Waals surface area (Å²) in [6.45, 7) is 0. The Kier molecular flexibility index (Phi) is 18.1. The average Bonchev–Trinajstić information content (AvgIpc) is 1.61. The Morgan fingerprint density at radius 1 is 0.183 bits per heavy atom. The van der Waals surface area contributed by atoms with Gasteiger partial charge in [-0.3, -0.25) is 0 Å². The van der Waals surface area contributed by atoms with Crippen LogP contribution in [0.1, 0.15) is 0 Å². The molecule has 0 spiro atoms. The summed E-state index contributed by atoms with van der Waals surface area (Å²) in [5.74, 6) is 2.63. The van der Waals surface area contributed by atoms with E-state index in [4.69, 9.17) is 47.6 Å². The van der Waals surface area contributed by atoms with Crippen molar-refractivity contribution < 1.29 is 17.7 Å². The number of furan rings is 4. The molecule has 0 unspecified atom stereocenters. The third kappa shape index (κ3) is 13.8. The van der Waals surface area contributed by atoms with Crippen molar-refractivity contribution in [3.63, 3.8) is 0 Å². The Labute approximate surface area is 696 Å². The van der Waals surface area contributed by atoms with Crippen LogP contribution in [0, 0.1) is 0 Å². The molecule has 9 heterocycles. The number of aromatic nitrogens is 6. The molecule has 0 atom stereocenters. The normalized spacial score (nSPS) is 11.5. The number of thiophene rings is 2. The minimum Gasteiger partial charge on any atom is -0.456 e. The predicted molar refractivity (Wildman–Crippen MR) is 494 cm³/mol. The van der Waals surface area contributed by atoms with E-state index in [9.17, 15) is 0 Å². The molecule has 24 rings (SSSR count). The quantitative estimate of drug-likeness (QED) is 0.117. The maximum Gasteiger partial charge on any atom is 0.196 e. The Morgan fingerprint density at radius 2 is 0.525 bits per heavy atom. The van der Waals surface area contributed by atoms with Crippen LogP contribution in [-0.4, -0.2) is 29.9 Å². The topological polar surface area (TPSA) is 130 Å². The molecule has 0 bridgehead atoms. The lowest BCUT2D eigenvalue weighted by molar-refractivity contribution is 0.625. The minimum atomic E-state index is 0.547. The summed E-state index contributed by atoms with van der Waals surface area (Å²) in [6, 6.07) is 138. The smallest absolute Gasteiger partial charge is 0.196 e. The maximum atomic E-state index is 6.40. The molecule has 120 heavy (non-hydrogen) atoms. The third-order valence-electron chi connectivity index (χ3n) is 22.0. The monoisotopic (exact) mass is 1570 g/mol. The van der Waals surface area contributed by atoms with Crippen molar-refractivity contribution in [2.24, 2.45) is 0 Å². The van der Waals surface area contributed by atoms with Gasteiger partial charge in [-0.15, -0.1) is 22.7 Å². The van der Waals surface area contributed by atoms with Crippen LogP contribution >= 0.6 is 22.7 Å². The number of benzene rings is 15. The van der Waals surface area contributed by atoms with Crippen molar-refractivity contribution in [2.75, 3.05) is 0 Å². The van der Waals surface area contributed by atoms with Crippen LogP contribution in [-0.2, 0) is 0 Å². The van der Waals surface area contributed by atoms with Crippen molar-refractivity contribution in [2.45, 2.75) is 0 Å². The van der Waals surface area contributed by atoms with Crippen LogP contribution in [0.5, 0.6) is 0 Å². The highest BCUT2D eigenvalue weighted by Crippen LogP contribution is 2.43. The van der Waals surface area contributed by atoms with E-state index in [1.807, 2.05) is 115 Å². The van der Waals surface area contributed by atoms with Crippen molar-refractivity contribution in [1.82, 2.24) is 29.9 Å². The van der Waals surface area contributed by atoms with Gasteiger partial charge in [0.05, 0.1) is 43.9 Å². The van der Waals surface area contributed by atoms with E-state index in [2.05, 4.69) is 285 Å². The van der Waals surface area contributed by atoms with Gasteiger partial charge in [-0.2, -0.15) is 0 Å². The fourth-order valence-electron chi connectivity index (χ4n) is 16.0. The molecular weight excluding hydrogens is 1510 g/mol. The molecule has 0 fully saturated rings. The summed E-state index contributed by atoms with van der Waals surface area (Å²) < 4.78 is 27.2. The second-order valence-corrected chi connectivity index (χ2v) is 31.7. The zero-order chi connectivity index (χ0) is 79.4. The summed E-state index contributed by atoms with van der Waals surface area (Å²) in [7, 11) is 0. The fraction of sp³-hybridized carbons (Fsp3) is 0. The van der Waals surface area contributed by atoms with Crippen LogP contribution in [0.25, 0.3) is 231 Å². The molecule has 15 aromatic carbocycles. The van der Waals surface area contributed by atoms with E-state index < -0.39 is 0 Å². The summed E-state index contributed by atoms with van der Waals surface area (Å²) in [5.41, 5.74) is 24.3. The molecule has 564 valence electrons. The molecule has 10 nitrogen and oxygen atoms in total. The summed E-state index contributed by atoms with van der Waals surface area (Å²) >= 11 is 3.44. The third-order valence-corrected chi connectivity index (χ3v) is 24.2. The van der Waals surface area contributed by atoms with E-state index in [0.717, 1.165) is 177 Å². The first kappa shape index (κ1) is 71.0. The van der Waals surface area contributed by atoms with E-state index in [-0.39, 0.29) is 0 Å². The van der Waals surface area contributed by atoms with Gasteiger partial charge in [0.15, 0.2) is 23.2 Å². The lowest BCUT2D eigenvalue weighted by atomic mass is 10.0. The summed E-state index contributed by atoms with van der Waals surface area (Å²) in [4.78, 5) is 32.6. The number of para-hydroxylation sites is 5. The highest BCUT2D eigenvalue weighted by Gasteiger charge is 2.22. The lowest BCUT2D eigenvalue weighted by Crippen LogP contribution is -1.95. The number of fused-ring (bicyclic) bond motifs is 12. The minimum absolute atomic E-state index is 0.547. The largest absolute Gasteiger partial charge is 0.456 e. The first-order chi connectivity index (χ1) is 59.4. The number of hydrogen-bond acceptors (Lipinski definition) is 12. The van der Waals surface area contributed by atoms with Crippen LogP contribution in [0.2, 0.25) is 0 Å². The Hall–Kier alpha value is -15.6. The van der Waals surface area contributed by atoms with E-state index in [1.54, 1.807) is 22.7 Å². The molecule has 0 N–H and O–H groups in total. The van der Waals surface area contributed by atoms with Crippen LogP contribution in [0.3, 0.4) is 0 Å². The highest BCUT2D eigenvalue weighted by atomic mass is 32.1. The molecule has 0 aliphatic heterocycles. The molecule has 0 aliphatic rings. The first-order valence-corrected chi connectivity index (χ1v) is 41.4. The van der Waals surface area contributed by atoms with E-state index in [0.29, 0.717) is 17.4 Å². The molecule has 0 amide bonds. The molecule has 0 saturated carbocycles. The SMILES string of the molecule is c1ccc(-c2ccc(-c3cc(-c4ccc5oc6ccccc6c5c4)nc(-c4cc5ccccc5s4)n3)cc2)cc1.c1ccc(-c2cccc(-c3cc(-c4ccc5oc6ccccc6c5c4)nc(-c4cc5ccccc5o4)n3)c2)cc1.c1ccc(-c2cccc(-c3cc(-c4cccc5c4oc4ccccc45)nc(-c4cc5ccccc5s4)n3)c2)cc1. The van der Waals surface area contributed by atoms with E-state index in [1.165, 1.54) is 36.9 Å². The fourth-order valence-corrected chi connectivity index (χ4v) is 18.0. The Bertz CT molecular complexity index is 7890. The van der Waals surface area contributed by atoms with Crippen molar-refractivity contribution in [1.29, 1.82) is 0 Å². The van der Waals surface area contributed by atoms with Gasteiger partial charge in [-0.25, -0.2) is 29.9 Å². The van der Waals surface area contributed by atoms with Gasteiger partial charge in [-0.05, 0) is 172 Å². The second kappa shape index (κ2) is 30.5. The molecule has 9 aromatic heterocycles. The zero-order valence-electron chi connectivity index (χ0n) is 64.2. The number of rotatable bonds is 12. The standard InChI is InChI=1S/C36H22N2O2.2C36H22N2OS/c1-2-9-23(10-3-1)24-12-8-13-25(19-24)30-22-31(38-36(37-30)35-21-27-11-4-6-15-32(27)39-35)26-17-18-34-29(20-26)28-14-5-7-16-33(28)40-34;1-2-10-23(11-3-1)24-13-8-14-25(20-24)30-22-31(38-36(37-30)34-21-26-12-4-7-19-33(26)40-34)29-17-9-16-28-27-15-5-6-18-32(27)39-35(28)29;1-2-8-23(9-3-1)24-14-16-25(17-15-24)30-22-31(38-36(37-30)35-21-27-10-4-7-13-34(27)40-35)26-18-19-33-29(20-26)28-11-5-6-12-32(28)39-33/h3*1-22H. The van der Waals surface area contributed by atoms with Gasteiger partial charge in [0.25, 0.3) is 0 Å². The highest BCUT2D eigenvalue weighted by molar-refractivity contribution is 7.22. The number of nitrogens with zero attached hydrogens (tertiary/aromatic N) is 6. The molecular formula is C108H66N6O4S2. The van der Waals surface area contributed by atoms with Crippen molar-refractivity contribution >= 4 is 120 Å². The van der Waals surface area contributed by atoms with Gasteiger partial charge >= 0.3 is 0 Å². The second-order valence-electron chi connectivity index (χ2n) is 29.6. The van der Waals surface area contributed by atoms with Gasteiger partial charge in [0, 0.05) is 80.5 Å². The predicted octanol–water partition coefficient (Wildman–Crippen LogP) is 30.3. The van der Waals surface area contributed by atoms with Crippen molar-refractivity contribution in [3.05, 3.63) is 400 Å². The average molecular weight is 1580 g/mol. The maximum absolute atomic E-state index is 6.40. The van der Waals surface area contributed by atoms with Gasteiger partial charge in [-0.1, -0.05) is 273 Å². The molecule has 12 heteroatoms. The van der Waals surface area contributed by atoms with Gasteiger partial charge < -0.3 is 17.7 Å². The lowest BCUT2D eigenvalue weighted by Gasteiger charge is -2.10. The summed E-state index contributed by atoms with van der Waals surface area (Å²) in [5, 5.41) is 9.95. The Morgan fingerprint density at radius 3 is 1.03 bits per heavy atom.